The summed E-state index contributed by atoms with van der Waals surface area (Å²) in [5, 5.41) is 10.1. The molecule has 2 aromatic rings. The zero-order valence-corrected chi connectivity index (χ0v) is 18.0. The Labute approximate surface area is 177 Å². The van der Waals surface area contributed by atoms with Gasteiger partial charge >= 0.3 is 0 Å². The average Bonchev–Trinajstić information content (AvgIpc) is 2.75. The Hall–Kier alpha value is -2.73. The van der Waals surface area contributed by atoms with Crippen LogP contribution in [0.1, 0.15) is 34.8 Å². The predicted molar refractivity (Wildman–Crippen MR) is 119 cm³/mol. The van der Waals surface area contributed by atoms with Gasteiger partial charge in [0.15, 0.2) is 5.96 Å². The average molecular weight is 417 g/mol. The summed E-state index contributed by atoms with van der Waals surface area (Å²) >= 11 is 6.28. The lowest BCUT2D eigenvalue weighted by atomic mass is 10.1. The van der Waals surface area contributed by atoms with Crippen LogP contribution in [0, 0.1) is 0 Å². The fraction of sp³-hybridized carbons (Fsp3) is 0.364. The molecular weight excluding hydrogens is 388 g/mol. The quantitative estimate of drug-likeness (QED) is 0.432. The number of amides is 1. The van der Waals surface area contributed by atoms with E-state index in [1.165, 1.54) is 0 Å². The molecule has 0 aliphatic heterocycles. The van der Waals surface area contributed by atoms with Crippen LogP contribution in [0.2, 0.25) is 5.02 Å². The second-order valence-corrected chi connectivity index (χ2v) is 6.92. The molecule has 6 nitrogen and oxygen atoms in total. The number of rotatable bonds is 9. The van der Waals surface area contributed by atoms with Crippen molar-refractivity contribution >= 4 is 23.5 Å². The lowest BCUT2D eigenvalue weighted by Crippen LogP contribution is -2.37. The van der Waals surface area contributed by atoms with Crippen LogP contribution in [-0.2, 0) is 13.0 Å². The Morgan fingerprint density at radius 1 is 1.10 bits per heavy atom. The number of nitrogens with zero attached hydrogens (tertiary/aromatic N) is 1. The molecule has 0 saturated carbocycles. The molecule has 3 N–H and O–H groups in total. The van der Waals surface area contributed by atoms with Crippen LogP contribution in [0.5, 0.6) is 5.75 Å². The minimum absolute atomic E-state index is 0.0485. The van der Waals surface area contributed by atoms with Crippen LogP contribution in [0.15, 0.2) is 47.5 Å². The number of carbonyl (C=O) groups is 1. The molecule has 0 unspecified atom stereocenters. The van der Waals surface area contributed by atoms with Crippen LogP contribution in [0.4, 0.5) is 0 Å². The number of halogens is 1. The van der Waals surface area contributed by atoms with Crippen LogP contribution >= 0.6 is 11.6 Å². The van der Waals surface area contributed by atoms with Crippen molar-refractivity contribution in [2.45, 2.75) is 26.3 Å². The Morgan fingerprint density at radius 3 is 2.62 bits per heavy atom. The maximum Gasteiger partial charge on any atom is 0.251 e. The van der Waals surface area contributed by atoms with E-state index in [1.54, 1.807) is 14.2 Å². The van der Waals surface area contributed by atoms with E-state index >= 15 is 0 Å². The van der Waals surface area contributed by atoms with Gasteiger partial charge in [0.2, 0.25) is 0 Å². The van der Waals surface area contributed by atoms with E-state index in [1.807, 2.05) is 49.4 Å². The van der Waals surface area contributed by atoms with Crippen molar-refractivity contribution in [3.63, 3.8) is 0 Å². The van der Waals surface area contributed by atoms with Gasteiger partial charge in [-0.1, -0.05) is 36.7 Å². The Bertz CT molecular complexity index is 839. The number of ether oxygens (including phenoxy) is 1. The smallest absolute Gasteiger partial charge is 0.251 e. The van der Waals surface area contributed by atoms with Crippen molar-refractivity contribution in [3.8, 4) is 5.75 Å². The molecule has 0 aliphatic rings. The molecule has 0 heterocycles. The molecule has 0 bridgehead atoms. The van der Waals surface area contributed by atoms with Crippen molar-refractivity contribution in [1.82, 2.24) is 16.0 Å². The lowest BCUT2D eigenvalue weighted by molar-refractivity contribution is 0.0953. The van der Waals surface area contributed by atoms with Crippen LogP contribution in [0.25, 0.3) is 0 Å². The normalized spacial score (nSPS) is 11.1. The first-order valence-corrected chi connectivity index (χ1v) is 10.1. The van der Waals surface area contributed by atoms with Gasteiger partial charge in [-0.2, -0.15) is 0 Å². The minimum atomic E-state index is -0.0485. The maximum absolute atomic E-state index is 12.1. The van der Waals surface area contributed by atoms with E-state index in [0.717, 1.165) is 29.7 Å². The number of guanidine groups is 1. The summed E-state index contributed by atoms with van der Waals surface area (Å²) in [6.45, 7) is 3.96. The molecule has 29 heavy (non-hydrogen) atoms. The van der Waals surface area contributed by atoms with Gasteiger partial charge in [-0.3, -0.25) is 9.79 Å². The molecule has 0 aromatic heterocycles. The van der Waals surface area contributed by atoms with Crippen LogP contribution in [-0.4, -0.2) is 39.1 Å². The number of hydrogen-bond acceptors (Lipinski definition) is 3. The van der Waals surface area contributed by atoms with Crippen LogP contribution in [0.3, 0.4) is 0 Å². The molecule has 1 amide bonds. The van der Waals surface area contributed by atoms with Gasteiger partial charge in [-0.05, 0) is 48.2 Å². The summed E-state index contributed by atoms with van der Waals surface area (Å²) in [4.78, 5) is 16.4. The van der Waals surface area contributed by atoms with Gasteiger partial charge < -0.3 is 20.7 Å². The van der Waals surface area contributed by atoms with Gasteiger partial charge in [-0.15, -0.1) is 0 Å². The highest BCUT2D eigenvalue weighted by molar-refractivity contribution is 6.31. The third-order valence-corrected chi connectivity index (χ3v) is 4.71. The third-order valence-electron chi connectivity index (χ3n) is 4.36. The molecule has 0 fully saturated rings. The van der Waals surface area contributed by atoms with Gasteiger partial charge in [0.25, 0.3) is 5.91 Å². The monoisotopic (exact) mass is 416 g/mol. The zero-order valence-electron chi connectivity index (χ0n) is 17.2. The molecule has 156 valence electrons. The van der Waals surface area contributed by atoms with Crippen molar-refractivity contribution in [2.24, 2.45) is 4.99 Å². The summed E-state index contributed by atoms with van der Waals surface area (Å²) in [6, 6.07) is 13.3. The van der Waals surface area contributed by atoms with E-state index in [4.69, 9.17) is 16.3 Å². The fourth-order valence-electron chi connectivity index (χ4n) is 2.74. The van der Waals surface area contributed by atoms with Gasteiger partial charge in [0.05, 0.1) is 7.11 Å². The minimum Gasteiger partial charge on any atom is -0.497 e. The summed E-state index contributed by atoms with van der Waals surface area (Å²) in [5.41, 5.74) is 2.71. The molecule has 0 saturated heterocycles. The SMILES string of the molecule is CCCNC(=O)c1cccc(CNC(=NC)NCCc2ccc(OC)cc2Cl)c1. The van der Waals surface area contributed by atoms with E-state index in [0.29, 0.717) is 36.2 Å². The topological polar surface area (TPSA) is 74.8 Å². The molecule has 0 atom stereocenters. The van der Waals surface area contributed by atoms with Gasteiger partial charge in [-0.25, -0.2) is 0 Å². The first-order valence-electron chi connectivity index (χ1n) is 9.71. The lowest BCUT2D eigenvalue weighted by Gasteiger charge is -2.13. The highest BCUT2D eigenvalue weighted by Gasteiger charge is 2.06. The van der Waals surface area contributed by atoms with E-state index in [-0.39, 0.29) is 5.91 Å². The number of nitrogens with one attached hydrogen (secondary N) is 3. The standard InChI is InChI=1S/C22H29ClN4O2/c1-4-11-25-21(28)18-7-5-6-16(13-18)15-27-22(24-2)26-12-10-17-8-9-19(29-3)14-20(17)23/h5-9,13-14H,4,10-12,15H2,1-3H3,(H,25,28)(H2,24,26,27). The summed E-state index contributed by atoms with van der Waals surface area (Å²) in [7, 11) is 3.35. The van der Waals surface area contributed by atoms with Crippen molar-refractivity contribution in [3.05, 3.63) is 64.2 Å². The Morgan fingerprint density at radius 2 is 1.93 bits per heavy atom. The summed E-state index contributed by atoms with van der Waals surface area (Å²) in [6.07, 6.45) is 1.67. The first kappa shape index (κ1) is 22.6. The molecular formula is C22H29ClN4O2. The highest BCUT2D eigenvalue weighted by Crippen LogP contribution is 2.22. The third kappa shape index (κ3) is 7.31. The van der Waals surface area contributed by atoms with Crippen molar-refractivity contribution in [2.75, 3.05) is 27.2 Å². The van der Waals surface area contributed by atoms with Crippen LogP contribution < -0.4 is 20.7 Å². The zero-order chi connectivity index (χ0) is 21.1. The predicted octanol–water partition coefficient (Wildman–Crippen LogP) is 3.40. The maximum atomic E-state index is 12.1. The number of carbonyl (C=O) groups excluding carboxylic acids is 1. The van der Waals surface area contributed by atoms with Gasteiger partial charge in [0.1, 0.15) is 5.75 Å². The molecule has 0 radical (unpaired) electrons. The largest absolute Gasteiger partial charge is 0.497 e. The summed E-state index contributed by atoms with van der Waals surface area (Å²) < 4.78 is 5.17. The number of aliphatic imine (C=N–C) groups is 1. The highest BCUT2D eigenvalue weighted by atomic mass is 35.5. The number of benzene rings is 2. The second-order valence-electron chi connectivity index (χ2n) is 6.52. The second kappa shape index (κ2) is 12.0. The van der Waals surface area contributed by atoms with Gasteiger partial charge in [0, 0.05) is 37.3 Å². The van der Waals surface area contributed by atoms with E-state index in [2.05, 4.69) is 20.9 Å². The van der Waals surface area contributed by atoms with E-state index in [9.17, 15) is 4.79 Å². The first-order chi connectivity index (χ1) is 14.1. The number of methoxy groups -OCH3 is 1. The Kier molecular flexibility index (Phi) is 9.31. The molecule has 0 spiro atoms. The summed E-state index contributed by atoms with van der Waals surface area (Å²) in [5.74, 6) is 1.39. The van der Waals surface area contributed by atoms with Crippen molar-refractivity contribution < 1.29 is 9.53 Å². The Balaban J connectivity index is 1.84. The van der Waals surface area contributed by atoms with E-state index < -0.39 is 0 Å². The molecule has 0 aliphatic carbocycles. The van der Waals surface area contributed by atoms with Crippen molar-refractivity contribution in [1.29, 1.82) is 0 Å². The molecule has 2 rings (SSSR count). The molecule has 7 heteroatoms. The number of hydrogen-bond donors (Lipinski definition) is 3. The fourth-order valence-corrected chi connectivity index (χ4v) is 3.01. The molecule has 2 aromatic carbocycles.